The van der Waals surface area contributed by atoms with Gasteiger partial charge in [0.15, 0.2) is 0 Å². The van der Waals surface area contributed by atoms with E-state index in [9.17, 15) is 4.79 Å². The Bertz CT molecular complexity index is 778. The highest BCUT2D eigenvalue weighted by Crippen LogP contribution is 2.30. The molecule has 112 valence electrons. The first kappa shape index (κ1) is 14.3. The number of H-pyrrole nitrogens is 1. The smallest absolute Gasteiger partial charge is 0.306 e. The minimum absolute atomic E-state index is 0.162. The first-order valence-corrected chi connectivity index (χ1v) is 7.45. The Hall–Kier alpha value is -2.62. The fourth-order valence-corrected chi connectivity index (χ4v) is 2.68. The first-order chi connectivity index (χ1) is 10.8. The van der Waals surface area contributed by atoms with Gasteiger partial charge in [-0.3, -0.25) is 9.78 Å². The van der Waals surface area contributed by atoms with E-state index in [1.165, 1.54) is 0 Å². The molecule has 1 N–H and O–H groups in total. The maximum atomic E-state index is 11.7. The molecule has 3 rings (SSSR count). The van der Waals surface area contributed by atoms with Gasteiger partial charge in [0.1, 0.15) is 0 Å². The van der Waals surface area contributed by atoms with Crippen LogP contribution in [0.3, 0.4) is 0 Å². The Kier molecular flexibility index (Phi) is 4.19. The zero-order chi connectivity index (χ0) is 15.4. The van der Waals surface area contributed by atoms with E-state index in [1.807, 2.05) is 43.5 Å². The van der Waals surface area contributed by atoms with Crippen LogP contribution in [0, 0.1) is 0 Å². The lowest BCUT2D eigenvalue weighted by Gasteiger charge is -2.05. The number of aryl methyl sites for hydroxylation is 1. The molecule has 0 spiro atoms. The second kappa shape index (κ2) is 6.43. The quantitative estimate of drug-likeness (QED) is 0.730. The number of hydrogen-bond donors (Lipinski definition) is 1. The van der Waals surface area contributed by atoms with E-state index < -0.39 is 0 Å². The highest BCUT2D eigenvalue weighted by Gasteiger charge is 2.14. The van der Waals surface area contributed by atoms with Crippen molar-refractivity contribution in [1.29, 1.82) is 0 Å². The Balaban J connectivity index is 2.00. The van der Waals surface area contributed by atoms with Gasteiger partial charge in [0, 0.05) is 35.3 Å². The highest BCUT2D eigenvalue weighted by atomic mass is 16.5. The van der Waals surface area contributed by atoms with Gasteiger partial charge in [0.05, 0.1) is 12.3 Å². The summed E-state index contributed by atoms with van der Waals surface area (Å²) in [6.45, 7) is 2.24. The van der Waals surface area contributed by atoms with E-state index in [2.05, 4.69) is 16.0 Å². The third kappa shape index (κ3) is 2.86. The van der Waals surface area contributed by atoms with Crippen molar-refractivity contribution in [2.45, 2.75) is 19.8 Å². The van der Waals surface area contributed by atoms with Crippen LogP contribution in [-0.2, 0) is 16.0 Å². The minimum atomic E-state index is -0.162. The molecular weight excluding hydrogens is 276 g/mol. The number of aromatic nitrogens is 2. The fraction of sp³-hybridized carbons (Fsp3) is 0.222. The van der Waals surface area contributed by atoms with Gasteiger partial charge in [0.25, 0.3) is 0 Å². The van der Waals surface area contributed by atoms with Crippen LogP contribution in [0.1, 0.15) is 18.9 Å². The van der Waals surface area contributed by atoms with Gasteiger partial charge >= 0.3 is 5.97 Å². The fourth-order valence-electron chi connectivity index (χ4n) is 2.68. The van der Waals surface area contributed by atoms with Crippen molar-refractivity contribution < 1.29 is 9.53 Å². The molecule has 0 aliphatic rings. The first-order valence-electron chi connectivity index (χ1n) is 7.45. The lowest BCUT2D eigenvalue weighted by Crippen LogP contribution is -2.05. The van der Waals surface area contributed by atoms with Crippen LogP contribution in [0.4, 0.5) is 0 Å². The van der Waals surface area contributed by atoms with Crippen molar-refractivity contribution in [3.63, 3.8) is 0 Å². The van der Waals surface area contributed by atoms with Gasteiger partial charge in [-0.05, 0) is 37.1 Å². The van der Waals surface area contributed by atoms with Crippen molar-refractivity contribution in [3.8, 4) is 11.3 Å². The maximum Gasteiger partial charge on any atom is 0.306 e. The van der Waals surface area contributed by atoms with Gasteiger partial charge < -0.3 is 9.72 Å². The monoisotopic (exact) mass is 294 g/mol. The average molecular weight is 294 g/mol. The lowest BCUT2D eigenvalue weighted by atomic mass is 10.0. The molecule has 0 bridgehead atoms. The van der Waals surface area contributed by atoms with E-state index in [1.54, 1.807) is 6.20 Å². The number of esters is 1. The predicted molar refractivity (Wildman–Crippen MR) is 86.5 cm³/mol. The zero-order valence-electron chi connectivity index (χ0n) is 12.5. The molecule has 0 radical (unpaired) electrons. The molecular formula is C18H18N2O2. The van der Waals surface area contributed by atoms with Crippen molar-refractivity contribution >= 4 is 16.9 Å². The van der Waals surface area contributed by atoms with E-state index >= 15 is 0 Å². The van der Waals surface area contributed by atoms with Gasteiger partial charge in [-0.15, -0.1) is 0 Å². The number of nitrogens with zero attached hydrogens (tertiary/aromatic N) is 1. The largest absolute Gasteiger partial charge is 0.466 e. The van der Waals surface area contributed by atoms with E-state index in [0.29, 0.717) is 19.4 Å². The third-order valence-electron chi connectivity index (χ3n) is 3.65. The van der Waals surface area contributed by atoms with E-state index in [4.69, 9.17) is 4.74 Å². The zero-order valence-corrected chi connectivity index (χ0v) is 12.5. The number of carbonyl (C=O) groups is 1. The summed E-state index contributed by atoms with van der Waals surface area (Å²) in [5, 5.41) is 1.14. The van der Waals surface area contributed by atoms with E-state index in [-0.39, 0.29) is 5.97 Å². The molecule has 0 saturated carbocycles. The van der Waals surface area contributed by atoms with Gasteiger partial charge in [-0.2, -0.15) is 0 Å². The van der Waals surface area contributed by atoms with E-state index in [0.717, 1.165) is 27.7 Å². The highest BCUT2D eigenvalue weighted by molar-refractivity contribution is 5.91. The summed E-state index contributed by atoms with van der Waals surface area (Å²) in [5.74, 6) is -0.162. The summed E-state index contributed by atoms with van der Waals surface area (Å²) >= 11 is 0. The normalized spacial score (nSPS) is 10.8. The summed E-state index contributed by atoms with van der Waals surface area (Å²) in [6.07, 6.45) is 4.61. The third-order valence-corrected chi connectivity index (χ3v) is 3.65. The molecule has 2 heterocycles. The number of fused-ring (bicyclic) bond motifs is 1. The Labute approximate surface area is 129 Å². The number of benzene rings is 1. The van der Waals surface area contributed by atoms with Crippen LogP contribution in [0.2, 0.25) is 0 Å². The molecule has 0 saturated heterocycles. The molecule has 1 aromatic carbocycles. The molecule has 4 heteroatoms. The summed E-state index contributed by atoms with van der Waals surface area (Å²) in [7, 11) is 0. The SMILES string of the molecule is CCOC(=O)CCc1c(-c2cccnc2)[nH]c2ccccc12. The number of aromatic amines is 1. The minimum Gasteiger partial charge on any atom is -0.466 e. The predicted octanol–water partition coefficient (Wildman–Crippen LogP) is 3.73. The molecule has 2 aromatic heterocycles. The van der Waals surface area contributed by atoms with Crippen LogP contribution in [0.5, 0.6) is 0 Å². The van der Waals surface area contributed by atoms with Crippen LogP contribution in [0.25, 0.3) is 22.2 Å². The molecule has 0 amide bonds. The summed E-state index contributed by atoms with van der Waals surface area (Å²) < 4.78 is 5.04. The van der Waals surface area contributed by atoms with Crippen LogP contribution >= 0.6 is 0 Å². The van der Waals surface area contributed by atoms with Crippen molar-refractivity contribution in [1.82, 2.24) is 9.97 Å². The Morgan fingerprint density at radius 1 is 1.23 bits per heavy atom. The van der Waals surface area contributed by atoms with Crippen LogP contribution in [-0.4, -0.2) is 22.5 Å². The molecule has 3 aromatic rings. The van der Waals surface area contributed by atoms with Crippen molar-refractivity contribution in [2.24, 2.45) is 0 Å². The maximum absolute atomic E-state index is 11.7. The number of rotatable bonds is 5. The Morgan fingerprint density at radius 3 is 2.86 bits per heavy atom. The molecule has 0 fully saturated rings. The van der Waals surface area contributed by atoms with Crippen molar-refractivity contribution in [2.75, 3.05) is 6.61 Å². The molecule has 0 aliphatic carbocycles. The second-order valence-corrected chi connectivity index (χ2v) is 5.07. The van der Waals surface area contributed by atoms with Crippen molar-refractivity contribution in [3.05, 3.63) is 54.4 Å². The van der Waals surface area contributed by atoms with Crippen LogP contribution in [0.15, 0.2) is 48.8 Å². The molecule has 0 aliphatic heterocycles. The standard InChI is InChI=1S/C18H18N2O2/c1-2-22-17(21)10-9-15-14-7-3-4-8-16(14)20-18(15)13-6-5-11-19-12-13/h3-8,11-12,20H,2,9-10H2,1H3. The van der Waals surface area contributed by atoms with Crippen LogP contribution < -0.4 is 0 Å². The topological polar surface area (TPSA) is 55.0 Å². The molecule has 0 atom stereocenters. The lowest BCUT2D eigenvalue weighted by molar-refractivity contribution is -0.143. The van der Waals surface area contributed by atoms with Gasteiger partial charge in [-0.25, -0.2) is 0 Å². The number of para-hydroxylation sites is 1. The number of ether oxygens (including phenoxy) is 1. The van der Waals surface area contributed by atoms with Gasteiger partial charge in [-0.1, -0.05) is 18.2 Å². The number of hydrogen-bond acceptors (Lipinski definition) is 3. The molecule has 22 heavy (non-hydrogen) atoms. The second-order valence-electron chi connectivity index (χ2n) is 5.07. The summed E-state index contributed by atoms with van der Waals surface area (Å²) in [6, 6.07) is 12.1. The Morgan fingerprint density at radius 2 is 2.09 bits per heavy atom. The number of nitrogens with one attached hydrogen (secondary N) is 1. The molecule has 4 nitrogen and oxygen atoms in total. The number of pyridine rings is 1. The molecule has 0 unspecified atom stereocenters. The summed E-state index contributed by atoms with van der Waals surface area (Å²) in [4.78, 5) is 19.3. The van der Waals surface area contributed by atoms with Gasteiger partial charge in [0.2, 0.25) is 0 Å². The average Bonchev–Trinajstić information content (AvgIpc) is 2.93. The number of carbonyl (C=O) groups excluding carboxylic acids is 1. The summed E-state index contributed by atoms with van der Waals surface area (Å²) in [5.41, 5.74) is 4.26.